The molecule has 5 heteroatoms. The molecule has 0 bridgehead atoms. The average Bonchev–Trinajstić information content (AvgIpc) is 2.48. The highest BCUT2D eigenvalue weighted by Gasteiger charge is 2.23. The Morgan fingerprint density at radius 3 is 2.80 bits per heavy atom. The molecule has 2 atom stereocenters. The van der Waals surface area contributed by atoms with Crippen molar-refractivity contribution in [3.05, 3.63) is 23.8 Å². The summed E-state index contributed by atoms with van der Waals surface area (Å²) in [5, 5.41) is 0. The third kappa shape index (κ3) is 4.23. The third-order valence-electron chi connectivity index (χ3n) is 3.73. The topological polar surface area (TPSA) is 64.3 Å². The Balaban J connectivity index is 1.95. The van der Waals surface area contributed by atoms with Gasteiger partial charge in [0.15, 0.2) is 5.82 Å². The van der Waals surface area contributed by atoms with E-state index in [1.807, 2.05) is 12.4 Å². The zero-order valence-electron chi connectivity index (χ0n) is 12.6. The minimum atomic E-state index is 0.00389. The lowest BCUT2D eigenvalue weighted by Crippen LogP contribution is -2.39. The molecule has 2 N–H and O–H groups in total. The predicted octanol–water partition coefficient (Wildman–Crippen LogP) is 1.54. The minimum absolute atomic E-state index is 0.00389. The second-order valence-corrected chi connectivity index (χ2v) is 5.48. The van der Waals surface area contributed by atoms with Gasteiger partial charge in [0.25, 0.3) is 0 Å². The van der Waals surface area contributed by atoms with Gasteiger partial charge < -0.3 is 10.5 Å². The molecule has 5 nitrogen and oxygen atoms in total. The number of nitrogens with two attached hydrogens (primary N) is 1. The second kappa shape index (κ2) is 7.67. The van der Waals surface area contributed by atoms with E-state index in [9.17, 15) is 0 Å². The van der Waals surface area contributed by atoms with Gasteiger partial charge in [0.05, 0.1) is 6.61 Å². The van der Waals surface area contributed by atoms with Crippen LogP contribution >= 0.6 is 0 Å². The van der Waals surface area contributed by atoms with Crippen molar-refractivity contribution >= 4 is 0 Å². The quantitative estimate of drug-likeness (QED) is 0.855. The van der Waals surface area contributed by atoms with Crippen molar-refractivity contribution in [2.75, 3.05) is 26.2 Å². The second-order valence-electron chi connectivity index (χ2n) is 5.48. The van der Waals surface area contributed by atoms with Crippen LogP contribution < -0.4 is 5.73 Å². The summed E-state index contributed by atoms with van der Waals surface area (Å²) in [6, 6.07) is 0.190. The number of aromatic nitrogens is 2. The van der Waals surface area contributed by atoms with Crippen LogP contribution in [0.4, 0.5) is 0 Å². The standard InChI is InChI=1S/C15H26N4O/c1-3-5-19-6-7-20-14(11-19)15-17-9-12(10-18-15)8-13(16)4-2/h9-10,13-14H,3-8,11,16H2,1-2H3. The van der Waals surface area contributed by atoms with Gasteiger partial charge in [-0.05, 0) is 31.4 Å². The molecule has 0 radical (unpaired) electrons. The van der Waals surface area contributed by atoms with Gasteiger partial charge in [-0.3, -0.25) is 4.90 Å². The highest BCUT2D eigenvalue weighted by Crippen LogP contribution is 2.19. The SMILES string of the molecule is CCCN1CCOC(c2ncc(CC(N)CC)cn2)C1. The molecule has 1 saturated heterocycles. The van der Waals surface area contributed by atoms with Crippen LogP contribution in [0.5, 0.6) is 0 Å². The maximum Gasteiger partial charge on any atom is 0.158 e. The van der Waals surface area contributed by atoms with Crippen molar-refractivity contribution in [3.63, 3.8) is 0 Å². The van der Waals surface area contributed by atoms with E-state index in [0.717, 1.165) is 50.5 Å². The van der Waals surface area contributed by atoms with Crippen LogP contribution in [0, 0.1) is 0 Å². The number of hydrogen-bond acceptors (Lipinski definition) is 5. The van der Waals surface area contributed by atoms with Gasteiger partial charge in [0.2, 0.25) is 0 Å². The van der Waals surface area contributed by atoms with Gasteiger partial charge >= 0.3 is 0 Å². The van der Waals surface area contributed by atoms with Crippen molar-refractivity contribution in [2.24, 2.45) is 5.73 Å². The Morgan fingerprint density at radius 1 is 1.40 bits per heavy atom. The zero-order chi connectivity index (χ0) is 14.4. The number of hydrogen-bond donors (Lipinski definition) is 1. The van der Waals surface area contributed by atoms with Crippen LogP contribution in [0.3, 0.4) is 0 Å². The average molecular weight is 278 g/mol. The normalized spacial score (nSPS) is 21.9. The van der Waals surface area contributed by atoms with Gasteiger partial charge in [0.1, 0.15) is 6.10 Å². The summed E-state index contributed by atoms with van der Waals surface area (Å²) in [4.78, 5) is 11.3. The maximum absolute atomic E-state index is 5.95. The smallest absolute Gasteiger partial charge is 0.158 e. The molecule has 1 aliphatic heterocycles. The Kier molecular flexibility index (Phi) is 5.88. The van der Waals surface area contributed by atoms with E-state index in [0.29, 0.717) is 0 Å². The van der Waals surface area contributed by atoms with Crippen molar-refractivity contribution in [1.29, 1.82) is 0 Å². The molecular weight excluding hydrogens is 252 g/mol. The van der Waals surface area contributed by atoms with Gasteiger partial charge in [-0.2, -0.15) is 0 Å². The molecule has 1 fully saturated rings. The minimum Gasteiger partial charge on any atom is -0.368 e. The van der Waals surface area contributed by atoms with Crippen LogP contribution in [0.15, 0.2) is 12.4 Å². The Bertz CT molecular complexity index is 393. The molecule has 0 spiro atoms. The number of ether oxygens (including phenoxy) is 1. The molecule has 2 unspecified atom stereocenters. The fourth-order valence-electron chi connectivity index (χ4n) is 2.46. The van der Waals surface area contributed by atoms with Crippen LogP contribution in [-0.2, 0) is 11.2 Å². The summed E-state index contributed by atoms with van der Waals surface area (Å²) < 4.78 is 5.79. The summed E-state index contributed by atoms with van der Waals surface area (Å²) in [6.45, 7) is 8.07. The van der Waals surface area contributed by atoms with E-state index in [4.69, 9.17) is 10.5 Å². The number of rotatable bonds is 6. The fourth-order valence-corrected chi connectivity index (χ4v) is 2.46. The molecule has 0 amide bonds. The first-order valence-corrected chi connectivity index (χ1v) is 7.63. The first kappa shape index (κ1) is 15.4. The lowest BCUT2D eigenvalue weighted by atomic mass is 10.1. The largest absolute Gasteiger partial charge is 0.368 e. The van der Waals surface area contributed by atoms with Crippen LogP contribution in [0.2, 0.25) is 0 Å². The van der Waals surface area contributed by atoms with E-state index in [2.05, 4.69) is 28.7 Å². The molecule has 2 heterocycles. The third-order valence-corrected chi connectivity index (χ3v) is 3.73. The lowest BCUT2D eigenvalue weighted by molar-refractivity contribution is -0.0342. The molecule has 1 aromatic rings. The van der Waals surface area contributed by atoms with E-state index in [-0.39, 0.29) is 12.1 Å². The van der Waals surface area contributed by atoms with Gasteiger partial charge in [0, 0.05) is 31.5 Å². The molecular formula is C15H26N4O. The zero-order valence-corrected chi connectivity index (χ0v) is 12.6. The van der Waals surface area contributed by atoms with Crippen molar-refractivity contribution < 1.29 is 4.74 Å². The Labute approximate surface area is 121 Å². The molecule has 2 rings (SSSR count). The van der Waals surface area contributed by atoms with Gasteiger partial charge in [-0.25, -0.2) is 9.97 Å². The summed E-state index contributed by atoms with van der Waals surface area (Å²) in [5.41, 5.74) is 7.05. The summed E-state index contributed by atoms with van der Waals surface area (Å²) in [7, 11) is 0. The van der Waals surface area contributed by atoms with E-state index in [1.165, 1.54) is 6.42 Å². The molecule has 0 aromatic carbocycles. The number of nitrogens with zero attached hydrogens (tertiary/aromatic N) is 3. The Morgan fingerprint density at radius 2 is 2.15 bits per heavy atom. The van der Waals surface area contributed by atoms with Crippen molar-refractivity contribution in [3.8, 4) is 0 Å². The summed E-state index contributed by atoms with van der Waals surface area (Å²) in [6.07, 6.45) is 6.76. The van der Waals surface area contributed by atoms with Crippen LogP contribution in [0.25, 0.3) is 0 Å². The van der Waals surface area contributed by atoms with Gasteiger partial charge in [-0.1, -0.05) is 13.8 Å². The summed E-state index contributed by atoms with van der Waals surface area (Å²) in [5.74, 6) is 0.791. The molecule has 1 aliphatic rings. The van der Waals surface area contributed by atoms with Crippen LogP contribution in [-0.4, -0.2) is 47.2 Å². The fraction of sp³-hybridized carbons (Fsp3) is 0.733. The first-order valence-electron chi connectivity index (χ1n) is 7.63. The van der Waals surface area contributed by atoms with Crippen molar-refractivity contribution in [1.82, 2.24) is 14.9 Å². The monoisotopic (exact) mass is 278 g/mol. The lowest BCUT2D eigenvalue weighted by Gasteiger charge is -2.31. The highest BCUT2D eigenvalue weighted by atomic mass is 16.5. The first-order chi connectivity index (χ1) is 9.72. The van der Waals surface area contributed by atoms with E-state index in [1.54, 1.807) is 0 Å². The highest BCUT2D eigenvalue weighted by molar-refractivity contribution is 5.08. The van der Waals surface area contributed by atoms with Gasteiger partial charge in [-0.15, -0.1) is 0 Å². The summed E-state index contributed by atoms with van der Waals surface area (Å²) >= 11 is 0. The molecule has 20 heavy (non-hydrogen) atoms. The molecule has 112 valence electrons. The molecule has 0 saturated carbocycles. The predicted molar refractivity (Wildman–Crippen MR) is 79.4 cm³/mol. The number of morpholine rings is 1. The van der Waals surface area contributed by atoms with Crippen molar-refractivity contribution in [2.45, 2.75) is 45.3 Å². The maximum atomic E-state index is 5.95. The van der Waals surface area contributed by atoms with E-state index < -0.39 is 0 Å². The molecule has 0 aliphatic carbocycles. The molecule has 1 aromatic heterocycles. The van der Waals surface area contributed by atoms with E-state index >= 15 is 0 Å². The Hall–Kier alpha value is -1.04. The van der Waals surface area contributed by atoms with Crippen LogP contribution in [0.1, 0.15) is 44.2 Å².